The predicted molar refractivity (Wildman–Crippen MR) is 68.9 cm³/mol. The van der Waals surface area contributed by atoms with Gasteiger partial charge in [0.1, 0.15) is 0 Å². The Bertz CT molecular complexity index is 475. The van der Waals surface area contributed by atoms with Crippen LogP contribution in [-0.4, -0.2) is 52.7 Å². The molecule has 0 aliphatic carbocycles. The number of hydrogen-bond acceptors (Lipinski definition) is 4. The second-order valence-corrected chi connectivity index (χ2v) is 6.14. The standard InChI is InChI=1S/C12H18N2O3S/c1-14-7-8-17-10-11(14)9-13-18(15,16)12-5-3-2-4-6-12/h2-6,11,13H,7-10H2,1H3. The van der Waals surface area contributed by atoms with E-state index in [1.165, 1.54) is 0 Å². The van der Waals surface area contributed by atoms with E-state index in [9.17, 15) is 8.42 Å². The van der Waals surface area contributed by atoms with Crippen LogP contribution in [0, 0.1) is 0 Å². The highest BCUT2D eigenvalue weighted by atomic mass is 32.2. The van der Waals surface area contributed by atoms with E-state index in [1.807, 2.05) is 7.05 Å². The zero-order valence-electron chi connectivity index (χ0n) is 10.4. The first kappa shape index (κ1) is 13.5. The molecule has 1 unspecified atom stereocenters. The fourth-order valence-corrected chi connectivity index (χ4v) is 2.94. The Morgan fingerprint density at radius 1 is 1.39 bits per heavy atom. The first-order valence-electron chi connectivity index (χ1n) is 5.92. The Hall–Kier alpha value is -0.950. The number of hydrogen-bond donors (Lipinski definition) is 1. The molecule has 1 aliphatic rings. The summed E-state index contributed by atoms with van der Waals surface area (Å²) in [6.07, 6.45) is 0. The van der Waals surface area contributed by atoms with Crippen molar-refractivity contribution in [1.29, 1.82) is 0 Å². The van der Waals surface area contributed by atoms with E-state index >= 15 is 0 Å². The molecule has 6 heteroatoms. The van der Waals surface area contributed by atoms with E-state index in [0.717, 1.165) is 6.54 Å². The molecule has 0 radical (unpaired) electrons. The van der Waals surface area contributed by atoms with Crippen molar-refractivity contribution in [2.75, 3.05) is 33.4 Å². The summed E-state index contributed by atoms with van der Waals surface area (Å²) >= 11 is 0. The summed E-state index contributed by atoms with van der Waals surface area (Å²) in [6, 6.07) is 8.49. The summed E-state index contributed by atoms with van der Waals surface area (Å²) in [5, 5.41) is 0. The fraction of sp³-hybridized carbons (Fsp3) is 0.500. The molecule has 0 spiro atoms. The lowest BCUT2D eigenvalue weighted by Gasteiger charge is -2.32. The minimum absolute atomic E-state index is 0.0947. The molecule has 1 N–H and O–H groups in total. The largest absolute Gasteiger partial charge is 0.378 e. The second kappa shape index (κ2) is 5.79. The Morgan fingerprint density at radius 2 is 2.11 bits per heavy atom. The number of sulfonamides is 1. The average molecular weight is 270 g/mol. The summed E-state index contributed by atoms with van der Waals surface area (Å²) in [6.45, 7) is 2.47. The van der Waals surface area contributed by atoms with Crippen LogP contribution in [0.25, 0.3) is 0 Å². The molecule has 1 saturated heterocycles. The second-order valence-electron chi connectivity index (χ2n) is 4.37. The zero-order valence-corrected chi connectivity index (χ0v) is 11.2. The zero-order chi connectivity index (χ0) is 13.0. The van der Waals surface area contributed by atoms with Crippen molar-refractivity contribution in [3.05, 3.63) is 30.3 Å². The van der Waals surface area contributed by atoms with Gasteiger partial charge in [0.2, 0.25) is 10.0 Å². The number of likely N-dealkylation sites (N-methyl/N-ethyl adjacent to an activating group) is 1. The monoisotopic (exact) mass is 270 g/mol. The van der Waals surface area contributed by atoms with Gasteiger partial charge in [0.25, 0.3) is 0 Å². The molecule has 0 bridgehead atoms. The van der Waals surface area contributed by atoms with Gasteiger partial charge in [-0.2, -0.15) is 0 Å². The smallest absolute Gasteiger partial charge is 0.240 e. The van der Waals surface area contributed by atoms with E-state index in [1.54, 1.807) is 30.3 Å². The summed E-state index contributed by atoms with van der Waals surface area (Å²) in [7, 11) is -1.44. The van der Waals surface area contributed by atoms with Gasteiger partial charge in [0.05, 0.1) is 18.1 Å². The highest BCUT2D eigenvalue weighted by molar-refractivity contribution is 7.89. The molecular formula is C12H18N2O3S. The molecule has 100 valence electrons. The van der Waals surface area contributed by atoms with Crippen LogP contribution in [0.5, 0.6) is 0 Å². The van der Waals surface area contributed by atoms with Crippen LogP contribution in [-0.2, 0) is 14.8 Å². The number of benzene rings is 1. The molecule has 1 heterocycles. The Kier molecular flexibility index (Phi) is 4.34. The highest BCUT2D eigenvalue weighted by Gasteiger charge is 2.22. The van der Waals surface area contributed by atoms with Gasteiger partial charge in [-0.1, -0.05) is 18.2 Å². The molecule has 18 heavy (non-hydrogen) atoms. The SMILES string of the molecule is CN1CCOCC1CNS(=O)(=O)c1ccccc1. The molecule has 0 aromatic heterocycles. The van der Waals surface area contributed by atoms with Crippen LogP contribution in [0.15, 0.2) is 35.2 Å². The van der Waals surface area contributed by atoms with Crippen molar-refractivity contribution in [3.63, 3.8) is 0 Å². The van der Waals surface area contributed by atoms with Crippen LogP contribution in [0.4, 0.5) is 0 Å². The van der Waals surface area contributed by atoms with Crippen LogP contribution in [0.2, 0.25) is 0 Å². The lowest BCUT2D eigenvalue weighted by Crippen LogP contribution is -2.49. The fourth-order valence-electron chi connectivity index (χ4n) is 1.84. The molecular weight excluding hydrogens is 252 g/mol. The molecule has 1 aliphatic heterocycles. The third kappa shape index (κ3) is 3.29. The Labute approximate surface area is 108 Å². The van der Waals surface area contributed by atoms with Crippen LogP contribution >= 0.6 is 0 Å². The summed E-state index contributed by atoms with van der Waals surface area (Å²) < 4.78 is 32.0. The molecule has 0 saturated carbocycles. The third-order valence-corrected chi connectivity index (χ3v) is 4.52. The number of nitrogens with one attached hydrogen (secondary N) is 1. The number of ether oxygens (including phenoxy) is 1. The number of morpholine rings is 1. The average Bonchev–Trinajstić information content (AvgIpc) is 2.39. The normalized spacial score (nSPS) is 21.9. The quantitative estimate of drug-likeness (QED) is 0.854. The van der Waals surface area contributed by atoms with Gasteiger partial charge in [0.15, 0.2) is 0 Å². The van der Waals surface area contributed by atoms with Crippen molar-refractivity contribution >= 4 is 10.0 Å². The number of rotatable bonds is 4. The minimum Gasteiger partial charge on any atom is -0.378 e. The molecule has 1 fully saturated rings. The van der Waals surface area contributed by atoms with E-state index in [4.69, 9.17) is 4.74 Å². The Morgan fingerprint density at radius 3 is 2.78 bits per heavy atom. The predicted octanol–water partition coefficient (Wildman–Crippen LogP) is 0.296. The van der Waals surface area contributed by atoms with Gasteiger partial charge >= 0.3 is 0 Å². The summed E-state index contributed by atoms with van der Waals surface area (Å²) in [4.78, 5) is 2.40. The third-order valence-electron chi connectivity index (χ3n) is 3.08. The van der Waals surface area contributed by atoms with Gasteiger partial charge < -0.3 is 4.74 Å². The van der Waals surface area contributed by atoms with Crippen LogP contribution in [0.1, 0.15) is 0 Å². The van der Waals surface area contributed by atoms with Crippen molar-refractivity contribution in [2.45, 2.75) is 10.9 Å². The molecule has 5 nitrogen and oxygen atoms in total. The van der Waals surface area contributed by atoms with Gasteiger partial charge in [-0.3, -0.25) is 4.90 Å². The lowest BCUT2D eigenvalue weighted by molar-refractivity contribution is 0.00824. The summed E-state index contributed by atoms with van der Waals surface area (Å²) in [5.41, 5.74) is 0. The first-order valence-corrected chi connectivity index (χ1v) is 7.40. The number of nitrogens with zero attached hydrogens (tertiary/aromatic N) is 1. The maximum absolute atomic E-state index is 12.0. The van der Waals surface area contributed by atoms with Crippen LogP contribution < -0.4 is 4.72 Å². The van der Waals surface area contributed by atoms with E-state index in [0.29, 0.717) is 24.7 Å². The summed E-state index contributed by atoms with van der Waals surface area (Å²) in [5.74, 6) is 0. The van der Waals surface area contributed by atoms with Crippen molar-refractivity contribution < 1.29 is 13.2 Å². The highest BCUT2D eigenvalue weighted by Crippen LogP contribution is 2.08. The van der Waals surface area contributed by atoms with Gasteiger partial charge in [-0.05, 0) is 19.2 Å². The van der Waals surface area contributed by atoms with Crippen molar-refractivity contribution in [2.24, 2.45) is 0 Å². The van der Waals surface area contributed by atoms with Crippen molar-refractivity contribution in [3.8, 4) is 0 Å². The van der Waals surface area contributed by atoms with Gasteiger partial charge in [0, 0.05) is 19.1 Å². The molecule has 2 rings (SSSR count). The van der Waals surface area contributed by atoms with Gasteiger partial charge in [-0.15, -0.1) is 0 Å². The first-order chi connectivity index (χ1) is 8.59. The molecule has 1 aromatic rings. The lowest BCUT2D eigenvalue weighted by atomic mass is 10.2. The van der Waals surface area contributed by atoms with E-state index in [-0.39, 0.29) is 6.04 Å². The molecule has 1 atom stereocenters. The molecule has 0 amide bonds. The maximum atomic E-state index is 12.0. The van der Waals surface area contributed by atoms with E-state index in [2.05, 4.69) is 9.62 Å². The maximum Gasteiger partial charge on any atom is 0.240 e. The molecule has 1 aromatic carbocycles. The topological polar surface area (TPSA) is 58.6 Å². The van der Waals surface area contributed by atoms with Crippen molar-refractivity contribution in [1.82, 2.24) is 9.62 Å². The van der Waals surface area contributed by atoms with E-state index < -0.39 is 10.0 Å². The van der Waals surface area contributed by atoms with Gasteiger partial charge in [-0.25, -0.2) is 13.1 Å². The minimum atomic E-state index is -3.42. The van der Waals surface area contributed by atoms with Crippen LogP contribution in [0.3, 0.4) is 0 Å². The Balaban J connectivity index is 1.97.